The molecule has 102 valence electrons. The molecular formula is C10H12N4O4S. The Balaban J connectivity index is 1.84. The average Bonchev–Trinajstić information content (AvgIpc) is 2.77. The molecule has 2 fully saturated rings. The van der Waals surface area contributed by atoms with Crippen LogP contribution in [0.3, 0.4) is 0 Å². The highest BCUT2D eigenvalue weighted by atomic mass is 32.2. The molecule has 3 rings (SSSR count). The van der Waals surface area contributed by atoms with E-state index in [2.05, 4.69) is 15.4 Å². The number of aromatic amines is 1. The lowest BCUT2D eigenvalue weighted by Gasteiger charge is -2.23. The van der Waals surface area contributed by atoms with E-state index in [1.165, 1.54) is 11.8 Å². The van der Waals surface area contributed by atoms with E-state index in [0.717, 1.165) is 0 Å². The standard InChI is InChI=1S/C10H12N4O4S/c11-10(9(17)18)1-3(19-4-2-12-14-13-4)5-6(7(5)10)8(15)16/h2-3,5-7H,1,11H2,(H,15,16)(H,17,18)(H,12,13,14)/t3-,5-,6-,7-,10-/m0/s1. The third kappa shape index (κ3) is 1.72. The number of thioether (sulfide) groups is 1. The highest BCUT2D eigenvalue weighted by Gasteiger charge is 2.74. The fourth-order valence-electron chi connectivity index (χ4n) is 3.14. The summed E-state index contributed by atoms with van der Waals surface area (Å²) in [5.41, 5.74) is 4.47. The molecule has 5 atom stereocenters. The van der Waals surface area contributed by atoms with Gasteiger partial charge in [0, 0.05) is 11.2 Å². The predicted molar refractivity (Wildman–Crippen MR) is 63.3 cm³/mol. The van der Waals surface area contributed by atoms with Crippen molar-refractivity contribution in [1.82, 2.24) is 15.4 Å². The molecule has 2 aliphatic carbocycles. The maximum Gasteiger partial charge on any atom is 0.324 e. The van der Waals surface area contributed by atoms with Gasteiger partial charge >= 0.3 is 11.9 Å². The average molecular weight is 284 g/mol. The highest BCUT2D eigenvalue weighted by Crippen LogP contribution is 2.65. The summed E-state index contributed by atoms with van der Waals surface area (Å²) in [6, 6.07) is 0. The van der Waals surface area contributed by atoms with Crippen LogP contribution in [0.2, 0.25) is 0 Å². The maximum atomic E-state index is 11.3. The van der Waals surface area contributed by atoms with Gasteiger partial charge in [-0.3, -0.25) is 14.7 Å². The zero-order chi connectivity index (χ0) is 13.8. The molecule has 8 nitrogen and oxygen atoms in total. The predicted octanol–water partition coefficient (Wildman–Crippen LogP) is -0.602. The minimum absolute atomic E-state index is 0.155. The monoisotopic (exact) mass is 284 g/mol. The molecule has 0 spiro atoms. The number of hydrogen-bond acceptors (Lipinski definition) is 6. The molecule has 0 saturated heterocycles. The number of nitrogens with two attached hydrogens (primary N) is 1. The molecule has 5 N–H and O–H groups in total. The number of nitrogens with one attached hydrogen (secondary N) is 1. The van der Waals surface area contributed by atoms with Crippen molar-refractivity contribution in [3.63, 3.8) is 0 Å². The van der Waals surface area contributed by atoms with Gasteiger partial charge in [-0.25, -0.2) is 0 Å². The molecule has 0 unspecified atom stereocenters. The van der Waals surface area contributed by atoms with Crippen LogP contribution < -0.4 is 5.73 Å². The van der Waals surface area contributed by atoms with Crippen LogP contribution in [0, 0.1) is 17.8 Å². The van der Waals surface area contributed by atoms with Gasteiger partial charge in [0.1, 0.15) is 10.6 Å². The van der Waals surface area contributed by atoms with Gasteiger partial charge in [0.25, 0.3) is 0 Å². The van der Waals surface area contributed by atoms with Gasteiger partial charge in [0.05, 0.1) is 12.1 Å². The molecule has 19 heavy (non-hydrogen) atoms. The molecule has 1 heterocycles. The molecule has 1 aromatic heterocycles. The lowest BCUT2D eigenvalue weighted by molar-refractivity contribution is -0.145. The second kappa shape index (κ2) is 3.94. The van der Waals surface area contributed by atoms with Gasteiger partial charge in [0.2, 0.25) is 0 Å². The quantitative estimate of drug-likeness (QED) is 0.574. The van der Waals surface area contributed by atoms with E-state index in [1.54, 1.807) is 6.20 Å². The summed E-state index contributed by atoms with van der Waals surface area (Å²) in [5.74, 6) is -3.47. The third-order valence-electron chi connectivity index (χ3n) is 3.99. The summed E-state index contributed by atoms with van der Waals surface area (Å²) < 4.78 is 0. The molecule has 1 aromatic rings. The summed E-state index contributed by atoms with van der Waals surface area (Å²) in [4.78, 5) is 22.5. The first-order valence-electron chi connectivity index (χ1n) is 5.73. The number of aliphatic carboxylic acids is 2. The zero-order valence-electron chi connectivity index (χ0n) is 9.68. The Labute approximate surface area is 111 Å². The fourth-order valence-corrected chi connectivity index (χ4v) is 4.51. The number of nitrogens with zero attached hydrogens (tertiary/aromatic N) is 2. The topological polar surface area (TPSA) is 142 Å². The third-order valence-corrected chi connectivity index (χ3v) is 5.21. The second-order valence-electron chi connectivity index (χ2n) is 4.98. The number of carbonyl (C=O) groups is 2. The lowest BCUT2D eigenvalue weighted by atomic mass is 9.91. The number of aromatic nitrogens is 3. The Morgan fingerprint density at radius 1 is 1.53 bits per heavy atom. The Morgan fingerprint density at radius 3 is 2.79 bits per heavy atom. The van der Waals surface area contributed by atoms with Crippen LogP contribution in [0.1, 0.15) is 6.42 Å². The van der Waals surface area contributed by atoms with Gasteiger partial charge < -0.3 is 15.9 Å². The van der Waals surface area contributed by atoms with Crippen molar-refractivity contribution in [3.8, 4) is 0 Å². The van der Waals surface area contributed by atoms with Crippen molar-refractivity contribution in [2.24, 2.45) is 23.5 Å². The Kier molecular flexibility index (Phi) is 2.58. The number of rotatable bonds is 4. The Hall–Kier alpha value is -1.61. The molecule has 2 aliphatic rings. The van der Waals surface area contributed by atoms with E-state index >= 15 is 0 Å². The van der Waals surface area contributed by atoms with Crippen molar-refractivity contribution < 1.29 is 19.8 Å². The summed E-state index contributed by atoms with van der Waals surface area (Å²) >= 11 is 1.34. The number of fused-ring (bicyclic) bond motifs is 1. The normalized spacial score (nSPS) is 39.8. The molecule has 0 amide bonds. The first-order valence-corrected chi connectivity index (χ1v) is 6.61. The number of carboxylic acids is 2. The SMILES string of the molecule is N[C@@]1(C(=O)O)C[C@H](Sc2c[nH]nn2)[C@H]2[C@H](C(=O)O)[C@H]21. The van der Waals surface area contributed by atoms with E-state index in [4.69, 9.17) is 10.8 Å². The van der Waals surface area contributed by atoms with Crippen LogP contribution in [0.25, 0.3) is 0 Å². The van der Waals surface area contributed by atoms with Crippen molar-refractivity contribution >= 4 is 23.7 Å². The fraction of sp³-hybridized carbons (Fsp3) is 0.600. The Bertz CT molecular complexity index is 536. The van der Waals surface area contributed by atoms with Crippen molar-refractivity contribution in [3.05, 3.63) is 6.20 Å². The van der Waals surface area contributed by atoms with Crippen LogP contribution in [-0.4, -0.2) is 48.4 Å². The van der Waals surface area contributed by atoms with Crippen LogP contribution >= 0.6 is 11.8 Å². The van der Waals surface area contributed by atoms with Crippen LogP contribution in [0.5, 0.6) is 0 Å². The summed E-state index contributed by atoms with van der Waals surface area (Å²) in [6.45, 7) is 0. The van der Waals surface area contributed by atoms with Crippen molar-refractivity contribution in [2.45, 2.75) is 22.2 Å². The van der Waals surface area contributed by atoms with Crippen molar-refractivity contribution in [2.75, 3.05) is 0 Å². The van der Waals surface area contributed by atoms with E-state index < -0.39 is 29.3 Å². The molecule has 0 aliphatic heterocycles. The van der Waals surface area contributed by atoms with E-state index in [9.17, 15) is 14.7 Å². The summed E-state index contributed by atoms with van der Waals surface area (Å²) in [7, 11) is 0. The number of carboxylic acid groups (broad SMARTS) is 2. The highest BCUT2D eigenvalue weighted by molar-refractivity contribution is 7.99. The van der Waals surface area contributed by atoms with Crippen LogP contribution in [0.15, 0.2) is 11.2 Å². The lowest BCUT2D eigenvalue weighted by Crippen LogP contribution is -2.50. The number of hydrogen-bond donors (Lipinski definition) is 4. The minimum Gasteiger partial charge on any atom is -0.481 e. The van der Waals surface area contributed by atoms with Gasteiger partial charge in [0.15, 0.2) is 0 Å². The van der Waals surface area contributed by atoms with Crippen LogP contribution in [-0.2, 0) is 9.59 Å². The molecular weight excluding hydrogens is 272 g/mol. The first-order chi connectivity index (χ1) is 8.95. The maximum absolute atomic E-state index is 11.3. The zero-order valence-corrected chi connectivity index (χ0v) is 10.5. The van der Waals surface area contributed by atoms with Crippen molar-refractivity contribution in [1.29, 1.82) is 0 Å². The van der Waals surface area contributed by atoms with Gasteiger partial charge in [-0.05, 0) is 12.3 Å². The minimum atomic E-state index is -1.45. The summed E-state index contributed by atoms with van der Waals surface area (Å²) in [6.07, 6.45) is 1.84. The molecule has 0 bridgehead atoms. The number of H-pyrrole nitrogens is 1. The molecule has 9 heteroatoms. The summed E-state index contributed by atoms with van der Waals surface area (Å²) in [5, 5.41) is 28.8. The second-order valence-corrected chi connectivity index (χ2v) is 6.24. The largest absolute Gasteiger partial charge is 0.481 e. The van der Waals surface area contributed by atoms with Gasteiger partial charge in [-0.1, -0.05) is 17.0 Å². The van der Waals surface area contributed by atoms with E-state index in [0.29, 0.717) is 5.03 Å². The van der Waals surface area contributed by atoms with Gasteiger partial charge in [-0.2, -0.15) is 0 Å². The van der Waals surface area contributed by atoms with Crippen LogP contribution in [0.4, 0.5) is 0 Å². The Morgan fingerprint density at radius 2 is 2.26 bits per heavy atom. The smallest absolute Gasteiger partial charge is 0.324 e. The van der Waals surface area contributed by atoms with E-state index in [-0.39, 0.29) is 17.6 Å². The molecule has 2 saturated carbocycles. The van der Waals surface area contributed by atoms with E-state index in [1.807, 2.05) is 0 Å². The van der Waals surface area contributed by atoms with Gasteiger partial charge in [-0.15, -0.1) is 5.10 Å². The first kappa shape index (κ1) is 12.4. The molecule has 0 radical (unpaired) electrons. The molecule has 0 aromatic carbocycles.